The van der Waals surface area contributed by atoms with Crippen LogP contribution in [0.3, 0.4) is 0 Å². The van der Waals surface area contributed by atoms with Crippen molar-refractivity contribution in [2.75, 3.05) is 0 Å². The summed E-state index contributed by atoms with van der Waals surface area (Å²) in [6.45, 7) is 2.81. The van der Waals surface area contributed by atoms with Crippen molar-refractivity contribution in [3.63, 3.8) is 0 Å². The van der Waals surface area contributed by atoms with Crippen molar-refractivity contribution in [2.45, 2.75) is 20.1 Å². The van der Waals surface area contributed by atoms with Crippen LogP contribution in [0.25, 0.3) is 11.5 Å². The van der Waals surface area contributed by atoms with Gasteiger partial charge in [0.1, 0.15) is 42.5 Å². The maximum Gasteiger partial charge on any atom is 0.226 e. The molecule has 0 spiro atoms. The van der Waals surface area contributed by atoms with Crippen molar-refractivity contribution in [3.8, 4) is 23.0 Å². The molecule has 0 aliphatic heterocycles. The molecule has 0 bridgehead atoms. The first-order valence-corrected chi connectivity index (χ1v) is 9.27. The van der Waals surface area contributed by atoms with E-state index in [0.717, 1.165) is 11.3 Å². The van der Waals surface area contributed by atoms with E-state index in [2.05, 4.69) is 24.0 Å². The molecular formula is C24H20FNO3. The van der Waals surface area contributed by atoms with Crippen LogP contribution in [-0.2, 0) is 13.2 Å². The van der Waals surface area contributed by atoms with E-state index < -0.39 is 0 Å². The van der Waals surface area contributed by atoms with Crippen LogP contribution >= 0.6 is 0 Å². The highest BCUT2D eigenvalue weighted by atomic mass is 19.1. The van der Waals surface area contributed by atoms with Crippen molar-refractivity contribution in [1.82, 2.24) is 4.98 Å². The minimum atomic E-state index is -0.298. The Morgan fingerprint density at radius 3 is 2.34 bits per heavy atom. The molecule has 4 nitrogen and oxygen atoms in total. The van der Waals surface area contributed by atoms with Crippen LogP contribution in [0, 0.1) is 12.7 Å². The fourth-order valence-electron chi connectivity index (χ4n) is 2.88. The molecule has 1 aromatic heterocycles. The topological polar surface area (TPSA) is 44.5 Å². The summed E-state index contributed by atoms with van der Waals surface area (Å²) >= 11 is 0. The normalized spacial score (nSPS) is 10.7. The van der Waals surface area contributed by atoms with Crippen LogP contribution in [0.5, 0.6) is 11.5 Å². The van der Waals surface area contributed by atoms with Crippen LogP contribution < -0.4 is 9.47 Å². The summed E-state index contributed by atoms with van der Waals surface area (Å²) in [5.74, 6) is 1.54. The number of halogens is 1. The van der Waals surface area contributed by atoms with Gasteiger partial charge in [-0.3, -0.25) is 0 Å². The summed E-state index contributed by atoms with van der Waals surface area (Å²) < 4.78 is 30.2. The van der Waals surface area contributed by atoms with Gasteiger partial charge >= 0.3 is 0 Å². The predicted molar refractivity (Wildman–Crippen MR) is 108 cm³/mol. The molecule has 146 valence electrons. The number of aromatic nitrogens is 1. The number of oxazole rings is 1. The molecule has 3 aromatic carbocycles. The lowest BCUT2D eigenvalue weighted by molar-refractivity contribution is 0.287. The molecule has 4 rings (SSSR count). The Morgan fingerprint density at radius 2 is 1.59 bits per heavy atom. The van der Waals surface area contributed by atoms with Gasteiger partial charge in [-0.05, 0) is 48.9 Å². The van der Waals surface area contributed by atoms with Crippen LogP contribution in [0.1, 0.15) is 16.8 Å². The van der Waals surface area contributed by atoms with Gasteiger partial charge in [0.25, 0.3) is 0 Å². The second kappa shape index (κ2) is 8.61. The molecule has 29 heavy (non-hydrogen) atoms. The van der Waals surface area contributed by atoms with Gasteiger partial charge in [-0.2, -0.15) is 0 Å². The molecule has 0 amide bonds. The third-order valence-corrected chi connectivity index (χ3v) is 4.32. The maximum absolute atomic E-state index is 13.0. The predicted octanol–water partition coefficient (Wildman–Crippen LogP) is 5.95. The molecule has 1 heterocycles. The standard InChI is InChI=1S/C24H20FNO3/c1-17-4-2-5-18(12-17)14-27-22-6-3-7-23(13-22)28-15-21-16-29-24(26-21)19-8-10-20(25)11-9-19/h2-13,16H,14-15H2,1H3. The van der Waals surface area contributed by atoms with Gasteiger partial charge < -0.3 is 13.9 Å². The molecule has 0 atom stereocenters. The van der Waals surface area contributed by atoms with Gasteiger partial charge in [-0.15, -0.1) is 0 Å². The molecule has 0 aliphatic carbocycles. The van der Waals surface area contributed by atoms with E-state index in [0.29, 0.717) is 29.5 Å². The van der Waals surface area contributed by atoms with Crippen LogP contribution in [0.4, 0.5) is 4.39 Å². The van der Waals surface area contributed by atoms with Gasteiger partial charge in [0.2, 0.25) is 5.89 Å². The lowest BCUT2D eigenvalue weighted by Gasteiger charge is -2.09. The second-order valence-electron chi connectivity index (χ2n) is 6.69. The lowest BCUT2D eigenvalue weighted by atomic mass is 10.1. The quantitative estimate of drug-likeness (QED) is 0.392. The largest absolute Gasteiger partial charge is 0.489 e. The Bertz CT molecular complexity index is 1090. The van der Waals surface area contributed by atoms with E-state index in [4.69, 9.17) is 13.9 Å². The number of rotatable bonds is 7. The average molecular weight is 389 g/mol. The average Bonchev–Trinajstić information content (AvgIpc) is 3.21. The van der Waals surface area contributed by atoms with Gasteiger partial charge in [-0.1, -0.05) is 35.9 Å². The zero-order valence-electron chi connectivity index (χ0n) is 16.0. The number of nitrogens with zero attached hydrogens (tertiary/aromatic N) is 1. The number of aryl methyl sites for hydroxylation is 1. The molecule has 0 aliphatic rings. The molecule has 0 saturated carbocycles. The minimum Gasteiger partial charge on any atom is -0.489 e. The monoisotopic (exact) mass is 389 g/mol. The van der Waals surface area contributed by atoms with Gasteiger partial charge in [0.05, 0.1) is 0 Å². The van der Waals surface area contributed by atoms with E-state index in [1.54, 1.807) is 12.1 Å². The summed E-state index contributed by atoms with van der Waals surface area (Å²) in [5, 5.41) is 0. The van der Waals surface area contributed by atoms with Crippen molar-refractivity contribution in [2.24, 2.45) is 0 Å². The third kappa shape index (κ3) is 5.02. The number of ether oxygens (including phenoxy) is 2. The first kappa shape index (κ1) is 18.7. The van der Waals surface area contributed by atoms with Gasteiger partial charge in [-0.25, -0.2) is 9.37 Å². The highest BCUT2D eigenvalue weighted by Crippen LogP contribution is 2.23. The highest BCUT2D eigenvalue weighted by molar-refractivity contribution is 5.52. The summed E-state index contributed by atoms with van der Waals surface area (Å²) in [5.41, 5.74) is 3.68. The van der Waals surface area contributed by atoms with E-state index in [1.165, 1.54) is 24.0 Å². The van der Waals surface area contributed by atoms with Crippen LogP contribution in [-0.4, -0.2) is 4.98 Å². The third-order valence-electron chi connectivity index (χ3n) is 4.32. The molecular weight excluding hydrogens is 369 g/mol. The minimum absolute atomic E-state index is 0.256. The Labute approximate surface area is 168 Å². The Kier molecular flexibility index (Phi) is 5.56. The lowest BCUT2D eigenvalue weighted by Crippen LogP contribution is -1.98. The second-order valence-corrected chi connectivity index (χ2v) is 6.69. The van der Waals surface area contributed by atoms with E-state index in [1.807, 2.05) is 36.4 Å². The van der Waals surface area contributed by atoms with Crippen LogP contribution in [0.15, 0.2) is 83.5 Å². The maximum atomic E-state index is 13.0. The number of hydrogen-bond acceptors (Lipinski definition) is 4. The fourth-order valence-corrected chi connectivity index (χ4v) is 2.88. The Hall–Kier alpha value is -3.60. The zero-order valence-corrected chi connectivity index (χ0v) is 16.0. The van der Waals surface area contributed by atoms with Crippen molar-refractivity contribution < 1.29 is 18.3 Å². The smallest absolute Gasteiger partial charge is 0.226 e. The molecule has 0 saturated heterocycles. The Morgan fingerprint density at radius 1 is 0.862 bits per heavy atom. The van der Waals surface area contributed by atoms with Crippen molar-refractivity contribution in [3.05, 3.63) is 102 Å². The van der Waals surface area contributed by atoms with E-state index in [-0.39, 0.29) is 12.4 Å². The van der Waals surface area contributed by atoms with Crippen molar-refractivity contribution >= 4 is 0 Å². The molecule has 4 aromatic rings. The zero-order chi connectivity index (χ0) is 20.1. The molecule has 0 N–H and O–H groups in total. The molecule has 0 fully saturated rings. The summed E-state index contributed by atoms with van der Waals surface area (Å²) in [4.78, 5) is 4.39. The summed E-state index contributed by atoms with van der Waals surface area (Å²) in [6, 6.07) is 21.7. The van der Waals surface area contributed by atoms with E-state index >= 15 is 0 Å². The summed E-state index contributed by atoms with van der Waals surface area (Å²) in [7, 11) is 0. The first-order valence-electron chi connectivity index (χ1n) is 9.27. The number of benzene rings is 3. The summed E-state index contributed by atoms with van der Waals surface area (Å²) in [6.07, 6.45) is 1.54. The van der Waals surface area contributed by atoms with Crippen molar-refractivity contribution in [1.29, 1.82) is 0 Å². The molecule has 0 unspecified atom stereocenters. The van der Waals surface area contributed by atoms with E-state index in [9.17, 15) is 4.39 Å². The first-order chi connectivity index (χ1) is 14.2. The SMILES string of the molecule is Cc1cccc(COc2cccc(OCc3coc(-c4ccc(F)cc4)n3)c2)c1. The van der Waals surface area contributed by atoms with Gasteiger partial charge in [0.15, 0.2) is 0 Å². The van der Waals surface area contributed by atoms with Gasteiger partial charge in [0, 0.05) is 11.6 Å². The van der Waals surface area contributed by atoms with Crippen LogP contribution in [0.2, 0.25) is 0 Å². The fraction of sp³-hybridized carbons (Fsp3) is 0.125. The molecule has 5 heteroatoms. The number of hydrogen-bond donors (Lipinski definition) is 0. The molecule has 0 radical (unpaired) electrons. The Balaban J connectivity index is 1.35. The highest BCUT2D eigenvalue weighted by Gasteiger charge is 2.08.